The number of nitrogens with one attached hydrogen (secondary N) is 2. The molecule has 3 aliphatic rings. The maximum Gasteiger partial charge on any atom is 0.245 e. The maximum absolute atomic E-state index is 14.1. The number of hydrogen-bond donors (Lipinski definition) is 12. The molecule has 2 fully saturated rings. The van der Waals surface area contributed by atoms with E-state index in [0.717, 1.165) is 30.8 Å². The van der Waals surface area contributed by atoms with Gasteiger partial charge in [0, 0.05) is 60.4 Å². The van der Waals surface area contributed by atoms with Crippen LogP contribution in [0.4, 0.5) is 11.4 Å². The first-order valence-corrected chi connectivity index (χ1v) is 22.2. The van der Waals surface area contributed by atoms with E-state index in [2.05, 4.69) is 26.5 Å². The SMILES string of the molecule is O=C(NC[C@@H](O)[C@H](O)[C@@H](O)[C@@H](O)CO)C(CCCc1cc(Cl)c(CN2CSCC2C(=O)N2CCN(C3CC3)c3ccccc32)cc1Cl)C(=O)NC[C@@H](O)[C@H](O)[C@@H](O)[C@@H](O)CO. The highest BCUT2D eigenvalue weighted by molar-refractivity contribution is 7.99. The lowest BCUT2D eigenvalue weighted by atomic mass is 9.96. The highest BCUT2D eigenvalue weighted by Gasteiger charge is 2.40. The molecule has 5 rings (SSSR count). The molecule has 2 aliphatic heterocycles. The molecule has 2 heterocycles. The van der Waals surface area contributed by atoms with Gasteiger partial charge in [-0.2, -0.15) is 0 Å². The van der Waals surface area contributed by atoms with E-state index in [-0.39, 0.29) is 31.2 Å². The third-order valence-electron chi connectivity index (χ3n) is 11.3. The van der Waals surface area contributed by atoms with E-state index in [1.807, 2.05) is 23.1 Å². The predicted molar refractivity (Wildman–Crippen MR) is 227 cm³/mol. The van der Waals surface area contributed by atoms with Crippen molar-refractivity contribution in [2.24, 2.45) is 5.92 Å². The second kappa shape index (κ2) is 22.7. The fourth-order valence-electron chi connectivity index (χ4n) is 7.48. The number of amides is 3. The van der Waals surface area contributed by atoms with Crippen molar-refractivity contribution in [3.8, 4) is 0 Å². The van der Waals surface area contributed by atoms with Crippen LogP contribution in [0.2, 0.25) is 10.0 Å². The molecule has 61 heavy (non-hydrogen) atoms. The number of fused-ring (bicyclic) bond motifs is 1. The Hall–Kier alpha value is -2.86. The molecule has 21 heteroatoms. The van der Waals surface area contributed by atoms with Crippen LogP contribution in [0.1, 0.15) is 36.8 Å². The summed E-state index contributed by atoms with van der Waals surface area (Å²) in [7, 11) is 0. The summed E-state index contributed by atoms with van der Waals surface area (Å²) in [5, 5.41) is 104. The normalized spacial score (nSPS) is 21.0. The standard InChI is InChI=1S/C40H57Cl2N5O13S/c41-25-13-22(16-45-20-61-19-29(45)40(60)47-11-10-46(23-8-9-23)27-6-1-2-7-28(27)47)26(42)12-21(25)4-3-5-24(38(58)43-14-30(50)34(54)36(56)32(52)17-48)39(59)44-15-31(51)35(55)37(57)33(53)18-49/h1-2,6-7,12-13,23-24,29-37,48-57H,3-5,8-11,14-20H2,(H,43,58)(H,44,59)/t29?,30-,31-,32+,33+,34+,35+,36+,37+/m1/s1. The second-order valence-corrected chi connectivity index (χ2v) is 17.5. The molecule has 1 saturated carbocycles. The van der Waals surface area contributed by atoms with Crippen molar-refractivity contribution in [1.82, 2.24) is 15.5 Å². The lowest BCUT2D eigenvalue weighted by molar-refractivity contribution is -0.138. The van der Waals surface area contributed by atoms with E-state index >= 15 is 0 Å². The van der Waals surface area contributed by atoms with Crippen molar-refractivity contribution in [1.29, 1.82) is 0 Å². The summed E-state index contributed by atoms with van der Waals surface area (Å²) in [6.07, 6.45) is -12.5. The maximum atomic E-state index is 14.1. The Morgan fingerprint density at radius 2 is 1.26 bits per heavy atom. The fraction of sp³-hybridized carbons (Fsp3) is 0.625. The van der Waals surface area contributed by atoms with Crippen LogP contribution in [0.15, 0.2) is 36.4 Å². The molecular formula is C40H57Cl2N5O13S. The molecule has 0 radical (unpaired) electrons. The third kappa shape index (κ3) is 12.4. The Morgan fingerprint density at radius 1 is 0.738 bits per heavy atom. The summed E-state index contributed by atoms with van der Waals surface area (Å²) >= 11 is 15.2. The molecule has 340 valence electrons. The summed E-state index contributed by atoms with van der Waals surface area (Å²) in [5.41, 5.74) is 3.31. The summed E-state index contributed by atoms with van der Waals surface area (Å²) in [4.78, 5) is 47.1. The van der Waals surface area contributed by atoms with Crippen LogP contribution in [-0.4, -0.2) is 186 Å². The minimum absolute atomic E-state index is 0.0296. The van der Waals surface area contributed by atoms with Gasteiger partial charge in [0.2, 0.25) is 17.7 Å². The van der Waals surface area contributed by atoms with Crippen LogP contribution in [0.5, 0.6) is 0 Å². The minimum atomic E-state index is -1.98. The predicted octanol–water partition coefficient (Wildman–Crippen LogP) is -2.07. The molecule has 9 atom stereocenters. The lowest BCUT2D eigenvalue weighted by Gasteiger charge is -2.39. The number of thioether (sulfide) groups is 1. The van der Waals surface area contributed by atoms with Gasteiger partial charge in [-0.25, -0.2) is 0 Å². The molecule has 1 unspecified atom stereocenters. The number of aliphatic hydroxyl groups excluding tert-OH is 10. The van der Waals surface area contributed by atoms with Crippen molar-refractivity contribution >= 4 is 64.1 Å². The molecule has 2 aromatic carbocycles. The number of hydrogen-bond acceptors (Lipinski definition) is 16. The number of rotatable bonds is 22. The lowest BCUT2D eigenvalue weighted by Crippen LogP contribution is -2.52. The van der Waals surface area contributed by atoms with Crippen molar-refractivity contribution in [2.45, 2.75) is 99.6 Å². The zero-order valence-corrected chi connectivity index (χ0v) is 35.7. The van der Waals surface area contributed by atoms with Gasteiger partial charge in [0.15, 0.2) is 0 Å². The van der Waals surface area contributed by atoms with E-state index in [4.69, 9.17) is 33.4 Å². The molecule has 18 nitrogen and oxygen atoms in total. The second-order valence-electron chi connectivity index (χ2n) is 15.7. The average Bonchev–Trinajstić information content (AvgIpc) is 4.01. The number of aryl methyl sites for hydroxylation is 1. The Morgan fingerprint density at radius 3 is 1.82 bits per heavy atom. The van der Waals surface area contributed by atoms with Crippen molar-refractivity contribution in [3.63, 3.8) is 0 Å². The van der Waals surface area contributed by atoms with Crippen LogP contribution in [0.3, 0.4) is 0 Å². The third-order valence-corrected chi connectivity index (χ3v) is 13.1. The Balaban J connectivity index is 1.22. The highest BCUT2D eigenvalue weighted by Crippen LogP contribution is 2.41. The number of benzene rings is 2. The number of nitrogens with zero attached hydrogens (tertiary/aromatic N) is 3. The smallest absolute Gasteiger partial charge is 0.245 e. The quantitative estimate of drug-likeness (QED) is 0.0565. The largest absolute Gasteiger partial charge is 0.394 e. The van der Waals surface area contributed by atoms with Gasteiger partial charge in [0.05, 0.1) is 42.8 Å². The zero-order chi connectivity index (χ0) is 44.5. The molecule has 2 aromatic rings. The van der Waals surface area contributed by atoms with E-state index in [9.17, 15) is 55.2 Å². The Labute approximate surface area is 367 Å². The molecule has 0 bridgehead atoms. The first-order chi connectivity index (χ1) is 29.1. The first kappa shape index (κ1) is 49.2. The number of aliphatic hydroxyl groups is 10. The van der Waals surface area contributed by atoms with Gasteiger partial charge in [-0.3, -0.25) is 19.3 Å². The van der Waals surface area contributed by atoms with Gasteiger partial charge in [-0.1, -0.05) is 35.3 Å². The van der Waals surface area contributed by atoms with Gasteiger partial charge >= 0.3 is 0 Å². The highest BCUT2D eigenvalue weighted by atomic mass is 35.5. The molecule has 0 aromatic heterocycles. The Bertz CT molecular complexity index is 1760. The first-order valence-electron chi connectivity index (χ1n) is 20.2. The van der Waals surface area contributed by atoms with Crippen LogP contribution in [-0.2, 0) is 27.3 Å². The molecule has 1 saturated heterocycles. The minimum Gasteiger partial charge on any atom is -0.394 e. The van der Waals surface area contributed by atoms with E-state index in [1.54, 1.807) is 23.9 Å². The van der Waals surface area contributed by atoms with Gasteiger partial charge in [0.25, 0.3) is 0 Å². The van der Waals surface area contributed by atoms with E-state index < -0.39 is 92.9 Å². The number of carbonyl (C=O) groups is 3. The zero-order valence-electron chi connectivity index (χ0n) is 33.4. The fourth-order valence-corrected chi connectivity index (χ4v) is 9.20. The van der Waals surface area contributed by atoms with E-state index in [1.165, 1.54) is 0 Å². The van der Waals surface area contributed by atoms with Crippen molar-refractivity contribution in [3.05, 3.63) is 57.6 Å². The van der Waals surface area contributed by atoms with Crippen LogP contribution >= 0.6 is 35.0 Å². The van der Waals surface area contributed by atoms with Gasteiger partial charge in [-0.15, -0.1) is 11.8 Å². The monoisotopic (exact) mass is 917 g/mol. The number of anilines is 2. The number of halogens is 2. The summed E-state index contributed by atoms with van der Waals surface area (Å²) in [5.74, 6) is -2.10. The van der Waals surface area contributed by atoms with Gasteiger partial charge in [0.1, 0.15) is 42.5 Å². The number of para-hydroxylation sites is 2. The molecule has 12 N–H and O–H groups in total. The summed E-state index contributed by atoms with van der Waals surface area (Å²) in [6, 6.07) is 11.6. The molecule has 3 amide bonds. The average molecular weight is 919 g/mol. The molecule has 1 aliphatic carbocycles. The molecule has 0 spiro atoms. The van der Waals surface area contributed by atoms with Crippen LogP contribution < -0.4 is 20.4 Å². The summed E-state index contributed by atoms with van der Waals surface area (Å²) in [6.45, 7) is -1.45. The van der Waals surface area contributed by atoms with Crippen molar-refractivity contribution in [2.75, 3.05) is 60.8 Å². The topological polar surface area (TPSA) is 287 Å². The van der Waals surface area contributed by atoms with Gasteiger partial charge in [-0.05, 0) is 67.5 Å². The van der Waals surface area contributed by atoms with Crippen molar-refractivity contribution < 1.29 is 65.4 Å². The molecular weight excluding hydrogens is 861 g/mol. The van der Waals surface area contributed by atoms with Gasteiger partial charge < -0.3 is 71.5 Å². The summed E-state index contributed by atoms with van der Waals surface area (Å²) < 4.78 is 0. The number of carbonyl (C=O) groups excluding carboxylic acids is 3. The van der Waals surface area contributed by atoms with Crippen LogP contribution in [0.25, 0.3) is 0 Å². The van der Waals surface area contributed by atoms with Crippen LogP contribution in [0, 0.1) is 5.92 Å². The van der Waals surface area contributed by atoms with E-state index in [0.29, 0.717) is 51.9 Å². The Kier molecular flexibility index (Phi) is 18.3.